The molecule has 23 nitrogen and oxygen atoms in total. The van der Waals surface area contributed by atoms with Gasteiger partial charge in [-0.3, -0.25) is 53.2 Å². The van der Waals surface area contributed by atoms with Crippen LogP contribution in [0, 0.1) is 20.8 Å². The van der Waals surface area contributed by atoms with E-state index in [2.05, 4.69) is 30.6 Å². The van der Waals surface area contributed by atoms with Gasteiger partial charge in [-0.1, -0.05) is 23.8 Å². The zero-order valence-corrected chi connectivity index (χ0v) is 40.6. The number of hydrogen-bond donors (Lipinski definition) is 8. The highest BCUT2D eigenvalue weighted by Gasteiger charge is 2.28. The monoisotopic (exact) mass is 993 g/mol. The molecule has 24 heteroatoms. The van der Waals surface area contributed by atoms with Gasteiger partial charge < -0.3 is 40.8 Å². The van der Waals surface area contributed by atoms with Gasteiger partial charge in [-0.15, -0.1) is 0 Å². The van der Waals surface area contributed by atoms with Crippen molar-refractivity contribution in [3.8, 4) is 0 Å². The number of aromatic amines is 1. The van der Waals surface area contributed by atoms with Crippen LogP contribution in [0.3, 0.4) is 0 Å². The highest BCUT2D eigenvalue weighted by molar-refractivity contribution is 7.89. The first-order valence-corrected chi connectivity index (χ1v) is 24.3. The summed E-state index contributed by atoms with van der Waals surface area (Å²) in [5, 5.41) is 37.4. The number of imidazole rings is 1. The van der Waals surface area contributed by atoms with Gasteiger partial charge in [0.1, 0.15) is 11.3 Å². The minimum absolute atomic E-state index is 0.0272. The Morgan fingerprint density at radius 1 is 0.771 bits per heavy atom. The Morgan fingerprint density at radius 2 is 1.31 bits per heavy atom. The average Bonchev–Trinajstić information content (AvgIpc) is 3.80. The molecule has 0 aliphatic carbocycles. The van der Waals surface area contributed by atoms with Crippen LogP contribution in [-0.2, 0) is 47.1 Å². The zero-order chi connectivity index (χ0) is 51.1. The molecule has 1 fully saturated rings. The Morgan fingerprint density at radius 3 is 1.81 bits per heavy atom. The van der Waals surface area contributed by atoms with E-state index in [0.717, 1.165) is 11.1 Å². The van der Waals surface area contributed by atoms with E-state index in [1.165, 1.54) is 13.1 Å². The third kappa shape index (κ3) is 16.3. The number of pyridine rings is 1. The molecule has 0 radical (unpaired) electrons. The molecule has 4 aromatic rings. The highest BCUT2D eigenvalue weighted by atomic mass is 32.2. The molecule has 70 heavy (non-hydrogen) atoms. The molecule has 1 saturated heterocycles. The number of Topliss-reactive ketones (excluding diaryl/α,β-unsaturated/α-hetero) is 1. The summed E-state index contributed by atoms with van der Waals surface area (Å²) in [6.45, 7) is 7.57. The molecular weight excluding hydrogens is 931 g/mol. The van der Waals surface area contributed by atoms with E-state index < -0.39 is 57.6 Å². The van der Waals surface area contributed by atoms with Crippen LogP contribution in [0.5, 0.6) is 0 Å². The Labute approximate surface area is 405 Å². The number of H-pyrrole nitrogens is 1. The van der Waals surface area contributed by atoms with E-state index in [4.69, 9.17) is 0 Å². The van der Waals surface area contributed by atoms with Crippen LogP contribution in [0.4, 0.5) is 5.95 Å². The maximum Gasteiger partial charge on any atom is 0.317 e. The van der Waals surface area contributed by atoms with Crippen LogP contribution in [0.15, 0.2) is 58.6 Å². The van der Waals surface area contributed by atoms with Crippen molar-refractivity contribution >= 4 is 62.4 Å². The standard InChI is InChI=1S/C46H63N11O12S/c1-30-20-31(2)44(32(3)21-30)70(68,69)52-37(33(4)58)24-50-45(67)36-25-57(38-22-34(6-7-35(38)43(36)66)23-51-46-48-9-10-49-46)11-5-8-47-39(59)26-53-12-14-54(27-40(60)61)16-18-56(29-42(64)65)19-17-55(15-13-53)28-41(62)63/h6-7,9-10,20-22,25,37,52H,5,8,11-19,23-24,26-29H2,1-4H3,(H,47,59)(H,50,67)(H,60,61)(H,62,63)(H,64,65)(H2,48,49,51). The molecule has 2 aromatic heterocycles. The third-order valence-electron chi connectivity index (χ3n) is 11.7. The van der Waals surface area contributed by atoms with Crippen LogP contribution >= 0.6 is 0 Å². The number of aliphatic carboxylic acids is 3. The van der Waals surface area contributed by atoms with E-state index in [9.17, 15) is 57.3 Å². The lowest BCUT2D eigenvalue weighted by Crippen LogP contribution is -2.49. The lowest BCUT2D eigenvalue weighted by molar-refractivity contribution is -0.140. The molecule has 0 spiro atoms. The molecule has 2 amide bonds. The Kier molecular flexibility index (Phi) is 19.7. The predicted octanol–water partition coefficient (Wildman–Crippen LogP) is -0.0904. The molecule has 380 valence electrons. The number of ketones is 1. The maximum absolute atomic E-state index is 14.0. The number of benzene rings is 2. The Bertz CT molecular complexity index is 2640. The number of hydrogen-bond acceptors (Lipinski definition) is 15. The summed E-state index contributed by atoms with van der Waals surface area (Å²) in [5.74, 6) is -4.41. The number of carboxylic acids is 3. The van der Waals surface area contributed by atoms with Crippen molar-refractivity contribution in [2.45, 2.75) is 58.1 Å². The molecule has 0 bridgehead atoms. The van der Waals surface area contributed by atoms with Gasteiger partial charge in [-0.25, -0.2) is 13.4 Å². The summed E-state index contributed by atoms with van der Waals surface area (Å²) in [7, 11) is -4.21. The highest BCUT2D eigenvalue weighted by Crippen LogP contribution is 2.22. The number of nitrogens with zero attached hydrogens (tertiary/aromatic N) is 6. The van der Waals surface area contributed by atoms with Crippen LogP contribution in [0.2, 0.25) is 0 Å². The normalized spacial score (nSPS) is 15.4. The minimum Gasteiger partial charge on any atom is -0.480 e. The fraction of sp³-hybridized carbons (Fsp3) is 0.478. The van der Waals surface area contributed by atoms with Crippen LogP contribution in [-0.4, -0.2) is 191 Å². The summed E-state index contributed by atoms with van der Waals surface area (Å²) in [6, 6.07) is 7.21. The molecule has 1 atom stereocenters. The smallest absolute Gasteiger partial charge is 0.317 e. The number of aryl methyl sites for hydroxylation is 4. The van der Waals surface area contributed by atoms with Gasteiger partial charge in [0.2, 0.25) is 21.4 Å². The van der Waals surface area contributed by atoms with Crippen molar-refractivity contribution in [1.29, 1.82) is 0 Å². The largest absolute Gasteiger partial charge is 0.480 e. The molecule has 5 rings (SSSR count). The lowest BCUT2D eigenvalue weighted by atomic mass is 10.1. The van der Waals surface area contributed by atoms with Gasteiger partial charge in [0.15, 0.2) is 5.95 Å². The number of sulfonamides is 1. The number of amides is 2. The van der Waals surface area contributed by atoms with Crippen molar-refractivity contribution in [3.05, 3.63) is 87.0 Å². The second kappa shape index (κ2) is 25.3. The first kappa shape index (κ1) is 54.4. The van der Waals surface area contributed by atoms with Crippen LogP contribution < -0.4 is 26.1 Å². The van der Waals surface area contributed by atoms with Crippen molar-refractivity contribution in [1.82, 2.24) is 49.5 Å². The molecular formula is C46H63N11O12S. The number of rotatable bonds is 22. The van der Waals surface area contributed by atoms with E-state index in [1.807, 2.05) is 6.92 Å². The number of carbonyl (C=O) groups excluding carboxylic acids is 3. The van der Waals surface area contributed by atoms with Crippen molar-refractivity contribution < 1.29 is 52.5 Å². The maximum atomic E-state index is 14.0. The zero-order valence-electron chi connectivity index (χ0n) is 39.8. The lowest BCUT2D eigenvalue weighted by Gasteiger charge is -2.32. The van der Waals surface area contributed by atoms with Crippen LogP contribution in [0.25, 0.3) is 10.9 Å². The molecule has 0 saturated carbocycles. The third-order valence-corrected chi connectivity index (χ3v) is 13.5. The van der Waals surface area contributed by atoms with E-state index in [0.29, 0.717) is 35.6 Å². The van der Waals surface area contributed by atoms with Gasteiger partial charge in [-0.05, 0) is 62.9 Å². The van der Waals surface area contributed by atoms with Gasteiger partial charge in [-0.2, -0.15) is 4.72 Å². The SMILES string of the molecule is CC(=O)C(CNC(=O)c1cn(CCCNC(=O)CN2CCN(CC(=O)O)CCN(CC(=O)O)CCN(CC(=O)O)CC2)c2cc(CNc3ncc[nH]3)ccc2c1=O)NS(=O)(=O)c1c(C)cc(C)cc1C. The molecule has 1 aliphatic rings. The average molecular weight is 994 g/mol. The number of aromatic nitrogens is 3. The molecule has 3 heterocycles. The number of nitrogens with one attached hydrogen (secondary N) is 5. The van der Waals surface area contributed by atoms with E-state index >= 15 is 0 Å². The van der Waals surface area contributed by atoms with Crippen molar-refractivity contribution in [3.63, 3.8) is 0 Å². The molecule has 1 aliphatic heterocycles. The van der Waals surface area contributed by atoms with Gasteiger partial charge in [0, 0.05) is 103 Å². The topological polar surface area (TPSA) is 309 Å². The van der Waals surface area contributed by atoms with Gasteiger partial charge >= 0.3 is 17.9 Å². The van der Waals surface area contributed by atoms with Crippen molar-refractivity contribution in [2.75, 3.05) is 96.9 Å². The second-order valence-electron chi connectivity index (χ2n) is 17.4. The first-order valence-electron chi connectivity index (χ1n) is 22.8. The van der Waals surface area contributed by atoms with Gasteiger partial charge in [0.25, 0.3) is 5.91 Å². The van der Waals surface area contributed by atoms with Crippen molar-refractivity contribution in [2.24, 2.45) is 0 Å². The Hall–Kier alpha value is -6.57. The minimum atomic E-state index is -4.21. The fourth-order valence-corrected chi connectivity index (χ4v) is 10.1. The van der Waals surface area contributed by atoms with E-state index in [1.54, 1.807) is 80.7 Å². The molecule has 2 aromatic carbocycles. The summed E-state index contributed by atoms with van der Waals surface area (Å²) >= 11 is 0. The summed E-state index contributed by atoms with van der Waals surface area (Å²) in [4.78, 5) is 103. The summed E-state index contributed by atoms with van der Waals surface area (Å²) < 4.78 is 31.2. The summed E-state index contributed by atoms with van der Waals surface area (Å²) in [5.41, 5.74) is 2.27. The number of fused-ring (bicyclic) bond motifs is 1. The predicted molar refractivity (Wildman–Crippen MR) is 258 cm³/mol. The Balaban J connectivity index is 1.30. The number of carbonyl (C=O) groups is 6. The number of anilines is 1. The van der Waals surface area contributed by atoms with Gasteiger partial charge in [0.05, 0.1) is 42.6 Å². The fourth-order valence-electron chi connectivity index (χ4n) is 8.36. The second-order valence-corrected chi connectivity index (χ2v) is 19.1. The summed E-state index contributed by atoms with van der Waals surface area (Å²) in [6.07, 6.45) is 4.98. The quantitative estimate of drug-likeness (QED) is 0.0477. The van der Waals surface area contributed by atoms with Crippen LogP contribution in [0.1, 0.15) is 46.0 Å². The first-order chi connectivity index (χ1) is 33.2. The molecule has 8 N–H and O–H groups in total. The van der Waals surface area contributed by atoms with E-state index in [-0.39, 0.29) is 113 Å². The molecule has 1 unspecified atom stereocenters. The number of carboxylic acid groups (broad SMARTS) is 3.